The van der Waals surface area contributed by atoms with Crippen molar-refractivity contribution in [3.05, 3.63) is 64.1 Å². The minimum absolute atomic E-state index is 0.0300. The van der Waals surface area contributed by atoms with Gasteiger partial charge in [0.25, 0.3) is 0 Å². The van der Waals surface area contributed by atoms with Crippen LogP contribution in [0.15, 0.2) is 58.7 Å². The second kappa shape index (κ2) is 9.13. The zero-order chi connectivity index (χ0) is 23.7. The van der Waals surface area contributed by atoms with Crippen LogP contribution in [0.2, 0.25) is 5.02 Å². The number of rotatable bonds is 6. The van der Waals surface area contributed by atoms with Crippen molar-refractivity contribution in [3.63, 3.8) is 0 Å². The first kappa shape index (κ1) is 24.1. The Labute approximate surface area is 192 Å². The molecule has 0 saturated heterocycles. The zero-order valence-corrected chi connectivity index (χ0v) is 19.3. The zero-order valence-electron chi connectivity index (χ0n) is 16.9. The number of hydrogen-bond acceptors (Lipinski definition) is 6. The van der Waals surface area contributed by atoms with Gasteiger partial charge in [-0.15, -0.1) is 11.3 Å². The topological polar surface area (TPSA) is 83.2 Å². The summed E-state index contributed by atoms with van der Waals surface area (Å²) < 4.78 is 62.7. The van der Waals surface area contributed by atoms with Crippen molar-refractivity contribution in [1.82, 2.24) is 4.98 Å². The van der Waals surface area contributed by atoms with Gasteiger partial charge in [0.1, 0.15) is 5.71 Å². The van der Waals surface area contributed by atoms with E-state index in [1.54, 1.807) is 49.4 Å². The first-order valence-corrected chi connectivity index (χ1v) is 12.2. The van der Waals surface area contributed by atoms with Crippen LogP contribution in [0.4, 0.5) is 18.9 Å². The molecule has 2 aromatic heterocycles. The minimum atomic E-state index is -4.77. The molecule has 1 aromatic carbocycles. The number of sulfone groups is 1. The van der Waals surface area contributed by atoms with Crippen molar-refractivity contribution >= 4 is 49.9 Å². The first-order valence-electron chi connectivity index (χ1n) is 9.10. The molecule has 0 fully saturated rings. The molecule has 0 spiro atoms. The van der Waals surface area contributed by atoms with Crippen molar-refractivity contribution in [2.45, 2.75) is 24.5 Å². The quantitative estimate of drug-likeness (QED) is 0.406. The van der Waals surface area contributed by atoms with Gasteiger partial charge in [-0.05, 0) is 42.8 Å². The number of para-hydroxylation sites is 1. The van der Waals surface area contributed by atoms with Crippen LogP contribution in [0.3, 0.4) is 0 Å². The molecule has 2 heterocycles. The van der Waals surface area contributed by atoms with Crippen LogP contribution >= 0.6 is 22.9 Å². The van der Waals surface area contributed by atoms with Gasteiger partial charge in [0.15, 0.2) is 14.9 Å². The molecule has 0 saturated carbocycles. The van der Waals surface area contributed by atoms with Gasteiger partial charge in [-0.1, -0.05) is 23.7 Å². The van der Waals surface area contributed by atoms with Gasteiger partial charge < -0.3 is 5.41 Å². The molecule has 0 amide bonds. The summed E-state index contributed by atoms with van der Waals surface area (Å²) >= 11 is 7.28. The monoisotopic (exact) mass is 499 g/mol. The molecule has 32 heavy (non-hydrogen) atoms. The lowest BCUT2D eigenvalue weighted by Crippen LogP contribution is -2.24. The maximum Gasteiger partial charge on any atom is 0.429 e. The molecule has 11 heteroatoms. The number of alkyl halides is 3. The molecule has 0 atom stereocenters. The van der Waals surface area contributed by atoms with Crippen molar-refractivity contribution in [2.24, 2.45) is 4.99 Å². The Bertz CT molecular complexity index is 1320. The maximum absolute atomic E-state index is 13.0. The van der Waals surface area contributed by atoms with Crippen LogP contribution in [-0.4, -0.2) is 37.3 Å². The molecule has 0 aliphatic carbocycles. The Balaban J connectivity index is 2.03. The van der Waals surface area contributed by atoms with E-state index in [-0.39, 0.29) is 15.8 Å². The van der Waals surface area contributed by atoms with E-state index in [0.717, 1.165) is 6.26 Å². The lowest BCUT2D eigenvalue weighted by Gasteiger charge is -2.10. The van der Waals surface area contributed by atoms with E-state index < -0.39 is 28.1 Å². The number of halogens is 4. The number of aryl methyl sites for hydroxylation is 1. The summed E-state index contributed by atoms with van der Waals surface area (Å²) in [5, 5.41) is 7.66. The second-order valence-electron chi connectivity index (χ2n) is 6.95. The Hall–Kier alpha value is -2.56. The van der Waals surface area contributed by atoms with Gasteiger partial charge in [0, 0.05) is 34.2 Å². The van der Waals surface area contributed by atoms with Crippen molar-refractivity contribution < 1.29 is 21.6 Å². The normalized spacial score (nSPS) is 12.8. The number of nitrogens with zero attached hydrogens (tertiary/aromatic N) is 2. The third-order valence-corrected chi connectivity index (χ3v) is 6.98. The molecule has 1 N–H and O–H groups in total. The second-order valence-corrected chi connectivity index (χ2v) is 10.4. The highest BCUT2D eigenvalue weighted by molar-refractivity contribution is 7.90. The minimum Gasteiger partial charge on any atom is -0.300 e. The smallest absolute Gasteiger partial charge is 0.300 e. The molecule has 3 aromatic rings. The number of benzene rings is 1. The largest absolute Gasteiger partial charge is 0.429 e. The molecule has 168 valence electrons. The van der Waals surface area contributed by atoms with Gasteiger partial charge in [-0.25, -0.2) is 13.4 Å². The summed E-state index contributed by atoms with van der Waals surface area (Å²) in [6, 6.07) is 11.4. The summed E-state index contributed by atoms with van der Waals surface area (Å²) in [7, 11) is -3.48. The van der Waals surface area contributed by atoms with Crippen LogP contribution in [-0.2, 0) is 9.84 Å². The predicted octanol–water partition coefficient (Wildman–Crippen LogP) is 6.27. The van der Waals surface area contributed by atoms with Gasteiger partial charge in [0.2, 0.25) is 0 Å². The molecule has 0 unspecified atom stereocenters. The highest BCUT2D eigenvalue weighted by atomic mass is 35.5. The third-order valence-electron chi connectivity index (χ3n) is 4.35. The van der Waals surface area contributed by atoms with E-state index >= 15 is 0 Å². The molecule has 0 aliphatic heterocycles. The van der Waals surface area contributed by atoms with Gasteiger partial charge in [-0.3, -0.25) is 4.99 Å². The van der Waals surface area contributed by atoms with E-state index in [0.29, 0.717) is 26.6 Å². The summed E-state index contributed by atoms with van der Waals surface area (Å²) in [6.07, 6.45) is -3.03. The van der Waals surface area contributed by atoms with E-state index in [2.05, 4.69) is 9.98 Å². The number of thiophene rings is 1. The molecule has 0 aliphatic rings. The van der Waals surface area contributed by atoms with Crippen LogP contribution in [0.1, 0.15) is 16.9 Å². The number of pyridine rings is 1. The highest BCUT2D eigenvalue weighted by Crippen LogP contribution is 2.33. The van der Waals surface area contributed by atoms with Gasteiger partial charge >= 0.3 is 6.18 Å². The van der Waals surface area contributed by atoms with Crippen LogP contribution in [0.25, 0.3) is 10.4 Å². The molecule has 0 radical (unpaired) electrons. The van der Waals surface area contributed by atoms with E-state index in [9.17, 15) is 21.6 Å². The fourth-order valence-electron chi connectivity index (χ4n) is 2.87. The number of nitrogens with one attached hydrogen (secondary N) is 1. The van der Waals surface area contributed by atoms with Crippen LogP contribution in [0, 0.1) is 12.3 Å². The summed E-state index contributed by atoms with van der Waals surface area (Å²) in [5.74, 6) is 0. The lowest BCUT2D eigenvalue weighted by molar-refractivity contribution is -0.0605. The van der Waals surface area contributed by atoms with Crippen molar-refractivity contribution in [3.8, 4) is 10.4 Å². The van der Waals surface area contributed by atoms with E-state index in [1.807, 2.05) is 0 Å². The molecule has 3 rings (SSSR count). The average Bonchev–Trinajstić information content (AvgIpc) is 3.17. The van der Waals surface area contributed by atoms with Crippen molar-refractivity contribution in [2.75, 3.05) is 6.26 Å². The maximum atomic E-state index is 13.0. The summed E-state index contributed by atoms with van der Waals surface area (Å²) in [6.45, 7) is 1.62. The number of aliphatic imine (C=N–C) groups is 1. The number of hydrogen-bond donors (Lipinski definition) is 1. The van der Waals surface area contributed by atoms with E-state index in [1.165, 1.54) is 17.5 Å². The predicted molar refractivity (Wildman–Crippen MR) is 121 cm³/mol. The molecule has 0 bridgehead atoms. The standard InChI is InChI=1S/C21H17ClF3N3O2S2/c1-12-9-13(11-27-20(12)32(2,29)30)17-7-8-18(31-17)16(10-19(26)21(23,24)25)28-15-6-4-3-5-14(15)22/h3-9,11,26H,10H2,1-2H3. The Morgan fingerprint density at radius 3 is 2.50 bits per heavy atom. The average molecular weight is 500 g/mol. The lowest BCUT2D eigenvalue weighted by atomic mass is 10.1. The number of aromatic nitrogens is 1. The molecule has 5 nitrogen and oxygen atoms in total. The third kappa shape index (κ3) is 5.62. The Morgan fingerprint density at radius 1 is 1.22 bits per heavy atom. The first-order chi connectivity index (χ1) is 14.9. The summed E-state index contributed by atoms with van der Waals surface area (Å²) in [4.78, 5) is 9.44. The Kier molecular flexibility index (Phi) is 6.87. The molecular formula is C21H17ClF3N3O2S2. The fourth-order valence-corrected chi connectivity index (χ4v) is 4.91. The van der Waals surface area contributed by atoms with Gasteiger partial charge in [0.05, 0.1) is 16.4 Å². The van der Waals surface area contributed by atoms with Crippen molar-refractivity contribution in [1.29, 1.82) is 5.41 Å². The Morgan fingerprint density at radius 2 is 1.91 bits per heavy atom. The summed E-state index contributed by atoms with van der Waals surface area (Å²) in [5.41, 5.74) is 0.00406. The van der Waals surface area contributed by atoms with Crippen LogP contribution < -0.4 is 0 Å². The van der Waals surface area contributed by atoms with E-state index in [4.69, 9.17) is 17.0 Å². The highest BCUT2D eigenvalue weighted by Gasteiger charge is 2.35. The molecular weight excluding hydrogens is 483 g/mol. The SMILES string of the molecule is Cc1cc(-c2ccc(C(CC(=N)C(F)(F)F)=Nc3ccccc3Cl)s2)cnc1S(C)(=O)=O. The fraction of sp³-hybridized carbons (Fsp3) is 0.190. The van der Waals surface area contributed by atoms with Crippen LogP contribution in [0.5, 0.6) is 0 Å². The van der Waals surface area contributed by atoms with Gasteiger partial charge in [-0.2, -0.15) is 13.2 Å².